The number of ether oxygens (including phenoxy) is 1. The SMILES string of the molecule is N#Cc1ccc([C@@H](NC(=O)c2ccc3cnc(NC4CCOCC4)nc3c2)c2cn[n-]c2)cc1Cl. The van der Waals surface area contributed by atoms with Crippen LogP contribution in [0.25, 0.3) is 10.9 Å². The van der Waals surface area contributed by atoms with Crippen molar-refractivity contribution in [2.75, 3.05) is 18.5 Å². The van der Waals surface area contributed by atoms with Gasteiger partial charge in [-0.15, -0.1) is 0 Å². The lowest BCUT2D eigenvalue weighted by Crippen LogP contribution is -2.29. The molecule has 2 aromatic heterocycles. The summed E-state index contributed by atoms with van der Waals surface area (Å²) in [5.41, 5.74) is 2.88. The number of benzene rings is 2. The maximum absolute atomic E-state index is 13.3. The van der Waals surface area contributed by atoms with Crippen molar-refractivity contribution >= 4 is 34.4 Å². The molecule has 10 heteroatoms. The third kappa shape index (κ3) is 5.09. The first-order valence-electron chi connectivity index (χ1n) is 11.2. The summed E-state index contributed by atoms with van der Waals surface area (Å²) in [5, 5.41) is 24.5. The lowest BCUT2D eigenvalue weighted by atomic mass is 9.99. The monoisotopic (exact) mass is 486 g/mol. The molecule has 0 unspecified atom stereocenters. The first-order valence-corrected chi connectivity index (χ1v) is 11.5. The summed E-state index contributed by atoms with van der Waals surface area (Å²) in [7, 11) is 0. The summed E-state index contributed by atoms with van der Waals surface area (Å²) in [5.74, 6) is 0.233. The number of nitriles is 1. The third-order valence-corrected chi connectivity index (χ3v) is 6.25. The minimum Gasteiger partial charge on any atom is -0.581 e. The van der Waals surface area contributed by atoms with Gasteiger partial charge < -0.3 is 25.6 Å². The second kappa shape index (κ2) is 10.1. The molecule has 1 aliphatic heterocycles. The highest BCUT2D eigenvalue weighted by Gasteiger charge is 2.20. The molecule has 0 radical (unpaired) electrons. The fraction of sp³-hybridized carbons (Fsp3) is 0.240. The Labute approximate surface area is 206 Å². The van der Waals surface area contributed by atoms with Gasteiger partial charge in [0.2, 0.25) is 5.95 Å². The van der Waals surface area contributed by atoms with Crippen LogP contribution in [-0.4, -0.2) is 40.2 Å². The Kier molecular flexibility index (Phi) is 6.57. The maximum Gasteiger partial charge on any atom is 0.252 e. The van der Waals surface area contributed by atoms with E-state index in [-0.39, 0.29) is 11.9 Å². The van der Waals surface area contributed by atoms with Gasteiger partial charge in [-0.2, -0.15) is 11.5 Å². The van der Waals surface area contributed by atoms with Crippen LogP contribution in [0.2, 0.25) is 5.02 Å². The Morgan fingerprint density at radius 2 is 2.03 bits per heavy atom. The molecule has 5 rings (SSSR count). The number of anilines is 1. The van der Waals surface area contributed by atoms with Crippen LogP contribution in [0.4, 0.5) is 5.95 Å². The maximum atomic E-state index is 13.3. The molecule has 3 heterocycles. The molecule has 1 saturated heterocycles. The van der Waals surface area contributed by atoms with Crippen molar-refractivity contribution < 1.29 is 9.53 Å². The number of carbonyl (C=O) groups excluding carboxylic acids is 1. The Balaban J connectivity index is 1.40. The number of nitrogens with one attached hydrogen (secondary N) is 2. The lowest BCUT2D eigenvalue weighted by molar-refractivity contribution is 0.0903. The molecule has 1 atom stereocenters. The predicted molar refractivity (Wildman–Crippen MR) is 130 cm³/mol. The number of aromatic nitrogens is 4. The summed E-state index contributed by atoms with van der Waals surface area (Å²) in [6, 6.07) is 12.1. The van der Waals surface area contributed by atoms with Crippen LogP contribution in [0.3, 0.4) is 0 Å². The Morgan fingerprint density at radius 3 is 2.77 bits per heavy atom. The molecular formula is C25H21ClN7O2-. The first kappa shape index (κ1) is 22.8. The Morgan fingerprint density at radius 1 is 1.17 bits per heavy atom. The van der Waals surface area contributed by atoms with E-state index in [2.05, 4.69) is 30.8 Å². The number of hydrogen-bond donors (Lipinski definition) is 2. The van der Waals surface area contributed by atoms with Gasteiger partial charge in [-0.25, -0.2) is 9.97 Å². The average molecular weight is 487 g/mol. The predicted octanol–water partition coefficient (Wildman–Crippen LogP) is 3.62. The molecule has 9 nitrogen and oxygen atoms in total. The molecule has 1 amide bonds. The molecule has 4 aromatic rings. The highest BCUT2D eigenvalue weighted by Crippen LogP contribution is 2.27. The minimum absolute atomic E-state index is 0.263. The van der Waals surface area contributed by atoms with E-state index in [1.165, 1.54) is 0 Å². The van der Waals surface area contributed by atoms with Gasteiger partial charge in [-0.1, -0.05) is 23.7 Å². The van der Waals surface area contributed by atoms with Gasteiger partial charge in [0.05, 0.1) is 22.1 Å². The average Bonchev–Trinajstić information content (AvgIpc) is 3.42. The van der Waals surface area contributed by atoms with Gasteiger partial charge in [0.15, 0.2) is 0 Å². The van der Waals surface area contributed by atoms with Crippen molar-refractivity contribution in [3.8, 4) is 6.07 Å². The van der Waals surface area contributed by atoms with Gasteiger partial charge in [-0.3, -0.25) is 4.79 Å². The molecule has 0 saturated carbocycles. The molecular weight excluding hydrogens is 466 g/mol. The van der Waals surface area contributed by atoms with Crippen molar-refractivity contribution in [1.82, 2.24) is 25.5 Å². The molecule has 2 N–H and O–H groups in total. The largest absolute Gasteiger partial charge is 0.581 e. The highest BCUT2D eigenvalue weighted by atomic mass is 35.5. The fourth-order valence-electron chi connectivity index (χ4n) is 4.02. The van der Waals surface area contributed by atoms with E-state index in [0.29, 0.717) is 38.7 Å². The topological polar surface area (TPSA) is 127 Å². The van der Waals surface area contributed by atoms with Crippen molar-refractivity contribution in [1.29, 1.82) is 5.26 Å². The third-order valence-electron chi connectivity index (χ3n) is 5.94. The fourth-order valence-corrected chi connectivity index (χ4v) is 4.25. The number of halogens is 1. The molecule has 35 heavy (non-hydrogen) atoms. The van der Waals surface area contributed by atoms with E-state index in [4.69, 9.17) is 16.3 Å². The zero-order valence-electron chi connectivity index (χ0n) is 18.6. The molecule has 2 aromatic carbocycles. The van der Waals surface area contributed by atoms with Crippen molar-refractivity contribution in [3.63, 3.8) is 0 Å². The molecule has 0 aliphatic carbocycles. The van der Waals surface area contributed by atoms with Crippen LogP contribution in [0.1, 0.15) is 45.9 Å². The molecule has 0 spiro atoms. The van der Waals surface area contributed by atoms with E-state index in [0.717, 1.165) is 31.4 Å². The summed E-state index contributed by atoms with van der Waals surface area (Å²) in [4.78, 5) is 22.3. The normalized spacial score (nSPS) is 14.9. The van der Waals surface area contributed by atoms with Gasteiger partial charge in [0.25, 0.3) is 5.91 Å². The lowest BCUT2D eigenvalue weighted by Gasteiger charge is -2.23. The van der Waals surface area contributed by atoms with Crippen LogP contribution in [0.5, 0.6) is 0 Å². The first-order chi connectivity index (χ1) is 17.1. The quantitative estimate of drug-likeness (QED) is 0.423. The number of amides is 1. The van der Waals surface area contributed by atoms with Crippen molar-refractivity contribution in [2.45, 2.75) is 24.9 Å². The summed E-state index contributed by atoms with van der Waals surface area (Å²) in [6.45, 7) is 1.44. The van der Waals surface area contributed by atoms with Gasteiger partial charge in [0, 0.05) is 42.6 Å². The van der Waals surface area contributed by atoms with E-state index in [9.17, 15) is 10.1 Å². The smallest absolute Gasteiger partial charge is 0.252 e. The second-order valence-corrected chi connectivity index (χ2v) is 8.65. The van der Waals surface area contributed by atoms with Crippen molar-refractivity contribution in [2.24, 2.45) is 0 Å². The van der Waals surface area contributed by atoms with E-state index >= 15 is 0 Å². The van der Waals surface area contributed by atoms with Crippen LogP contribution >= 0.6 is 11.6 Å². The van der Waals surface area contributed by atoms with Crippen LogP contribution in [0.15, 0.2) is 55.0 Å². The molecule has 1 aliphatic rings. The van der Waals surface area contributed by atoms with Gasteiger partial charge in [-0.05, 0) is 48.2 Å². The number of carbonyl (C=O) groups is 1. The molecule has 176 valence electrons. The zero-order valence-corrected chi connectivity index (χ0v) is 19.4. The standard InChI is InChI=1S/C25H22ClN7O2/c26-21-9-15(1-3-17(21)11-27)23(19-13-29-30-14-19)33-24(34)16-2-4-18-12-28-25(32-22(18)10-16)31-20-5-7-35-8-6-20/h1-4,9-10,12-14,20,23H,5-8H2,(H3,28,29,30,31,32,33,34)/p-1/t23-/m1/s1. The Hall–Kier alpha value is -4.00. The van der Waals surface area contributed by atoms with E-state index < -0.39 is 6.04 Å². The summed E-state index contributed by atoms with van der Waals surface area (Å²) < 4.78 is 5.40. The van der Waals surface area contributed by atoms with E-state index in [1.54, 1.807) is 48.9 Å². The second-order valence-electron chi connectivity index (χ2n) is 8.24. The van der Waals surface area contributed by atoms with Crippen LogP contribution < -0.4 is 15.7 Å². The number of nitrogens with zero attached hydrogens (tertiary/aromatic N) is 5. The number of rotatable bonds is 6. The van der Waals surface area contributed by atoms with Crippen molar-refractivity contribution in [3.05, 3.63) is 82.3 Å². The molecule has 1 fully saturated rings. The van der Waals surface area contributed by atoms with Crippen LogP contribution in [-0.2, 0) is 4.74 Å². The minimum atomic E-state index is -0.547. The van der Waals surface area contributed by atoms with Crippen LogP contribution in [0, 0.1) is 11.3 Å². The number of fused-ring (bicyclic) bond motifs is 1. The van der Waals surface area contributed by atoms with E-state index in [1.807, 2.05) is 12.1 Å². The Bertz CT molecular complexity index is 1390. The number of hydrogen-bond acceptors (Lipinski definition) is 7. The van der Waals surface area contributed by atoms with Gasteiger partial charge in [0.1, 0.15) is 6.07 Å². The summed E-state index contributed by atoms with van der Waals surface area (Å²) >= 11 is 6.25. The highest BCUT2D eigenvalue weighted by molar-refractivity contribution is 6.31. The molecule has 0 bridgehead atoms. The summed E-state index contributed by atoms with van der Waals surface area (Å²) in [6.07, 6.45) is 6.71. The zero-order chi connectivity index (χ0) is 24.2. The van der Waals surface area contributed by atoms with Gasteiger partial charge >= 0.3 is 0 Å².